The number of ketones is 1. The maximum absolute atomic E-state index is 11.4. The minimum atomic E-state index is -0.689. The Balaban J connectivity index is 2.87. The largest absolute Gasteiger partial charge is 0.431 e. The van der Waals surface area contributed by atoms with Gasteiger partial charge in [0.2, 0.25) is 0 Å². The smallest absolute Gasteiger partial charge is 0.318 e. The molecule has 0 heterocycles. The number of esters is 1. The molecular weight excluding hydrogens is 282 g/mol. The summed E-state index contributed by atoms with van der Waals surface area (Å²) in [6.45, 7) is 1.17. The van der Waals surface area contributed by atoms with Gasteiger partial charge in [0, 0.05) is 9.93 Å². The summed E-state index contributed by atoms with van der Waals surface area (Å²) >= 11 is 5.76. The summed E-state index contributed by atoms with van der Waals surface area (Å²) in [5.41, 5.74) is 9.05. The quantitative estimate of drug-likeness (QED) is 0.201. The van der Waals surface area contributed by atoms with Crippen molar-refractivity contribution in [2.75, 3.05) is 6.54 Å². The van der Waals surface area contributed by atoms with Crippen LogP contribution in [0.5, 0.6) is 0 Å². The topological polar surface area (TPSA) is 92.1 Å². The van der Waals surface area contributed by atoms with Gasteiger partial charge in [-0.25, -0.2) is 0 Å². The molecule has 6 nitrogen and oxygen atoms in total. The molecule has 0 saturated carbocycles. The van der Waals surface area contributed by atoms with Crippen molar-refractivity contribution >= 4 is 29.4 Å². The van der Waals surface area contributed by atoms with Crippen molar-refractivity contribution in [1.29, 1.82) is 0 Å². The first-order valence-corrected chi connectivity index (χ1v) is 6.06. The number of ether oxygens (including phenoxy) is 1. The van der Waals surface area contributed by atoms with Crippen LogP contribution in [0.15, 0.2) is 35.1 Å². The second kappa shape index (κ2) is 7.99. The molecule has 0 unspecified atom stereocenters. The molecule has 0 radical (unpaired) electrons. The van der Waals surface area contributed by atoms with Crippen LogP contribution in [0, 0.1) is 0 Å². The van der Waals surface area contributed by atoms with Gasteiger partial charge in [-0.2, -0.15) is 0 Å². The van der Waals surface area contributed by atoms with Gasteiger partial charge in [-0.3, -0.25) is 9.59 Å². The Morgan fingerprint density at radius 2 is 2.05 bits per heavy atom. The van der Waals surface area contributed by atoms with E-state index in [1.54, 1.807) is 30.3 Å². The molecule has 0 aliphatic rings. The van der Waals surface area contributed by atoms with Crippen molar-refractivity contribution in [2.24, 2.45) is 5.11 Å². The molecule has 7 heteroatoms. The van der Waals surface area contributed by atoms with E-state index in [0.29, 0.717) is 5.02 Å². The van der Waals surface area contributed by atoms with Crippen molar-refractivity contribution in [3.63, 3.8) is 0 Å². The molecule has 0 N–H and O–H groups in total. The van der Waals surface area contributed by atoms with E-state index < -0.39 is 5.97 Å². The molecule has 0 fully saturated rings. The fraction of sp³-hybridized carbons (Fsp3) is 0.231. The van der Waals surface area contributed by atoms with Crippen LogP contribution in [0.3, 0.4) is 0 Å². The summed E-state index contributed by atoms with van der Waals surface area (Å²) in [7, 11) is 0. The minimum absolute atomic E-state index is 0.122. The van der Waals surface area contributed by atoms with Crippen LogP contribution >= 0.6 is 11.6 Å². The average Bonchev–Trinajstić information content (AvgIpc) is 2.37. The lowest BCUT2D eigenvalue weighted by Crippen LogP contribution is -2.10. The highest BCUT2D eigenvalue weighted by atomic mass is 35.5. The van der Waals surface area contributed by atoms with Crippen LogP contribution < -0.4 is 0 Å². The predicted octanol–water partition coefficient (Wildman–Crippen LogP) is 3.51. The van der Waals surface area contributed by atoms with E-state index in [0.717, 1.165) is 5.56 Å². The molecule has 0 aliphatic carbocycles. The molecule has 0 aliphatic heterocycles. The van der Waals surface area contributed by atoms with E-state index in [4.69, 9.17) is 21.9 Å². The lowest BCUT2D eigenvalue weighted by atomic mass is 10.2. The van der Waals surface area contributed by atoms with E-state index in [1.807, 2.05) is 0 Å². The van der Waals surface area contributed by atoms with Crippen LogP contribution in [0.2, 0.25) is 5.02 Å². The van der Waals surface area contributed by atoms with E-state index in [9.17, 15) is 9.59 Å². The maximum Gasteiger partial charge on any atom is 0.318 e. The fourth-order valence-corrected chi connectivity index (χ4v) is 1.47. The van der Waals surface area contributed by atoms with Crippen molar-refractivity contribution in [2.45, 2.75) is 13.3 Å². The van der Waals surface area contributed by atoms with Gasteiger partial charge in [0.15, 0.2) is 0 Å². The van der Waals surface area contributed by atoms with Crippen LogP contribution in [0.25, 0.3) is 16.5 Å². The number of carbonyl (C=O) groups is 2. The Hall–Kier alpha value is -2.30. The Labute approximate surface area is 120 Å². The molecule has 0 bridgehead atoms. The van der Waals surface area contributed by atoms with Gasteiger partial charge < -0.3 is 4.74 Å². The zero-order valence-electron chi connectivity index (χ0n) is 10.7. The second-order valence-electron chi connectivity index (χ2n) is 3.90. The summed E-state index contributed by atoms with van der Waals surface area (Å²) in [5.74, 6) is -0.827. The van der Waals surface area contributed by atoms with Gasteiger partial charge in [0.25, 0.3) is 0 Å². The average molecular weight is 294 g/mol. The molecule has 0 atom stereocenters. The normalized spacial score (nSPS) is 10.6. The van der Waals surface area contributed by atoms with Gasteiger partial charge in [-0.1, -0.05) is 28.8 Å². The zero-order chi connectivity index (χ0) is 15.0. The Morgan fingerprint density at radius 3 is 2.60 bits per heavy atom. The Kier molecular flexibility index (Phi) is 6.29. The number of Topliss-reactive ketones (excluding diaryl/α,β-unsaturated/α-hetero) is 1. The number of hydrogen-bond donors (Lipinski definition) is 0. The van der Waals surface area contributed by atoms with Gasteiger partial charge >= 0.3 is 5.97 Å². The summed E-state index contributed by atoms with van der Waals surface area (Å²) in [6, 6.07) is 6.79. The predicted molar refractivity (Wildman–Crippen MR) is 74.8 cm³/mol. The van der Waals surface area contributed by atoms with E-state index in [-0.39, 0.29) is 24.5 Å². The zero-order valence-corrected chi connectivity index (χ0v) is 11.5. The molecular formula is C13H12ClN3O3. The Bertz CT molecular complexity index is 575. The molecule has 104 valence electrons. The first-order valence-electron chi connectivity index (χ1n) is 5.68. The van der Waals surface area contributed by atoms with Crippen LogP contribution in [-0.2, 0) is 14.3 Å². The molecule has 0 aromatic heterocycles. The monoisotopic (exact) mass is 293 g/mol. The maximum atomic E-state index is 11.4. The van der Waals surface area contributed by atoms with Crippen LogP contribution in [0.4, 0.5) is 0 Å². The van der Waals surface area contributed by atoms with Gasteiger partial charge in [-0.05, 0) is 36.2 Å². The molecule has 0 spiro atoms. The van der Waals surface area contributed by atoms with Gasteiger partial charge in [0.1, 0.15) is 18.0 Å². The number of halogens is 1. The molecule has 0 amide bonds. The summed E-state index contributed by atoms with van der Waals surface area (Å²) in [5, 5.41) is 3.92. The number of hydrogen-bond acceptors (Lipinski definition) is 4. The van der Waals surface area contributed by atoms with Crippen molar-refractivity contribution in [3.8, 4) is 0 Å². The fourth-order valence-electron chi connectivity index (χ4n) is 1.34. The van der Waals surface area contributed by atoms with Crippen LogP contribution in [-0.4, -0.2) is 18.3 Å². The lowest BCUT2D eigenvalue weighted by molar-refractivity contribution is -0.141. The molecule has 0 saturated heterocycles. The van der Waals surface area contributed by atoms with Gasteiger partial charge in [0.05, 0.1) is 6.54 Å². The number of nitrogens with zero attached hydrogens (tertiary/aromatic N) is 3. The summed E-state index contributed by atoms with van der Waals surface area (Å²) in [4.78, 5) is 24.9. The molecule has 1 rings (SSSR count). The van der Waals surface area contributed by atoms with Crippen LogP contribution in [0.1, 0.15) is 18.9 Å². The molecule has 1 aromatic rings. The third kappa shape index (κ3) is 6.04. The third-order valence-corrected chi connectivity index (χ3v) is 2.38. The Morgan fingerprint density at radius 1 is 1.40 bits per heavy atom. The minimum Gasteiger partial charge on any atom is -0.431 e. The van der Waals surface area contributed by atoms with Crippen molar-refractivity contribution < 1.29 is 14.3 Å². The number of azide groups is 1. The molecule has 20 heavy (non-hydrogen) atoms. The highest BCUT2D eigenvalue weighted by Crippen LogP contribution is 2.14. The summed E-state index contributed by atoms with van der Waals surface area (Å²) in [6.07, 6.45) is 1.22. The van der Waals surface area contributed by atoms with E-state index in [2.05, 4.69) is 10.0 Å². The molecule has 1 aromatic carbocycles. The second-order valence-corrected chi connectivity index (χ2v) is 4.34. The number of benzene rings is 1. The van der Waals surface area contributed by atoms with Gasteiger partial charge in [-0.15, -0.1) is 0 Å². The SMILES string of the molecule is CC(=O)CC(=O)O/C(=C/c1ccc(Cl)cc1)CN=[N+]=[N-]. The third-order valence-electron chi connectivity index (χ3n) is 2.13. The van der Waals surface area contributed by atoms with E-state index >= 15 is 0 Å². The summed E-state index contributed by atoms with van der Waals surface area (Å²) < 4.78 is 5.00. The lowest BCUT2D eigenvalue weighted by Gasteiger charge is -2.06. The number of rotatable bonds is 6. The standard InChI is InChI=1S/C13H12ClN3O3/c1-9(18)6-13(19)20-12(8-16-17-15)7-10-2-4-11(14)5-3-10/h2-5,7H,6,8H2,1H3/b12-7+. The first kappa shape index (κ1) is 15.8. The number of carbonyl (C=O) groups excluding carboxylic acids is 2. The van der Waals surface area contributed by atoms with Crippen molar-refractivity contribution in [3.05, 3.63) is 51.1 Å². The highest BCUT2D eigenvalue weighted by molar-refractivity contribution is 6.30. The van der Waals surface area contributed by atoms with Crippen molar-refractivity contribution in [1.82, 2.24) is 0 Å². The highest BCUT2D eigenvalue weighted by Gasteiger charge is 2.09. The van der Waals surface area contributed by atoms with E-state index in [1.165, 1.54) is 6.92 Å². The first-order chi connectivity index (χ1) is 9.51.